The molecule has 152 valence electrons. The maximum atomic E-state index is 13.2. The van der Waals surface area contributed by atoms with E-state index in [1.54, 1.807) is 9.80 Å². The lowest BCUT2D eigenvalue weighted by Gasteiger charge is -2.38. The molecule has 2 amide bonds. The van der Waals surface area contributed by atoms with Gasteiger partial charge >= 0.3 is 12.1 Å². The molecule has 0 radical (unpaired) electrons. The number of carboxylic acid groups (broad SMARTS) is 1. The molecule has 2 saturated heterocycles. The molecule has 3 unspecified atom stereocenters. The van der Waals surface area contributed by atoms with Crippen molar-refractivity contribution in [1.82, 2.24) is 9.80 Å². The number of rotatable bonds is 2. The second-order valence-corrected chi connectivity index (χ2v) is 9.19. The first kappa shape index (κ1) is 20.0. The van der Waals surface area contributed by atoms with Crippen molar-refractivity contribution in [2.24, 2.45) is 11.8 Å². The summed E-state index contributed by atoms with van der Waals surface area (Å²) in [6, 6.07) is -0.606. The molecule has 0 aromatic rings. The topological polar surface area (TPSA) is 87.2 Å². The number of ether oxygens (including phenoxy) is 1. The number of carboxylic acids is 1. The fraction of sp³-hybridized carbons (Fsp3) is 0.850. The van der Waals surface area contributed by atoms with Gasteiger partial charge in [0.05, 0.1) is 0 Å². The monoisotopic (exact) mass is 380 g/mol. The number of carbonyl (C=O) groups excluding carboxylic acids is 2. The molecule has 0 aromatic heterocycles. The Hall–Kier alpha value is -1.79. The van der Waals surface area contributed by atoms with Crippen molar-refractivity contribution in [2.75, 3.05) is 13.1 Å². The van der Waals surface area contributed by atoms with E-state index in [1.807, 2.05) is 20.8 Å². The minimum atomic E-state index is -0.885. The minimum absolute atomic E-state index is 0.0272. The first-order valence-electron chi connectivity index (χ1n) is 10.2. The summed E-state index contributed by atoms with van der Waals surface area (Å²) < 4.78 is 5.41. The van der Waals surface area contributed by atoms with Crippen molar-refractivity contribution >= 4 is 18.0 Å². The van der Waals surface area contributed by atoms with Crippen LogP contribution in [0.5, 0.6) is 0 Å². The van der Waals surface area contributed by atoms with Crippen molar-refractivity contribution in [1.29, 1.82) is 0 Å². The molecule has 3 rings (SSSR count). The van der Waals surface area contributed by atoms with E-state index >= 15 is 0 Å². The molecule has 27 heavy (non-hydrogen) atoms. The summed E-state index contributed by atoms with van der Waals surface area (Å²) in [5, 5.41) is 9.64. The van der Waals surface area contributed by atoms with Crippen molar-refractivity contribution < 1.29 is 24.2 Å². The molecule has 2 heterocycles. The van der Waals surface area contributed by atoms with Crippen LogP contribution in [0.15, 0.2) is 0 Å². The van der Waals surface area contributed by atoms with Gasteiger partial charge in [0.15, 0.2) is 0 Å². The number of fused-ring (bicyclic) bond motifs is 1. The lowest BCUT2D eigenvalue weighted by atomic mass is 9.84. The SMILES string of the molecule is CC(C)(C)OC(=O)N1CCC(C(=O)N2C(C(=O)O)CC3CCCCC32)CC1. The third-order valence-electron chi connectivity index (χ3n) is 6.12. The van der Waals surface area contributed by atoms with Gasteiger partial charge in [0.1, 0.15) is 11.6 Å². The van der Waals surface area contributed by atoms with Crippen LogP contribution in [0.25, 0.3) is 0 Å². The second-order valence-electron chi connectivity index (χ2n) is 9.19. The zero-order valence-corrected chi connectivity index (χ0v) is 16.6. The van der Waals surface area contributed by atoms with Crippen LogP contribution in [0, 0.1) is 11.8 Å². The van der Waals surface area contributed by atoms with Gasteiger partial charge in [0.2, 0.25) is 5.91 Å². The maximum absolute atomic E-state index is 13.2. The molecule has 1 saturated carbocycles. The highest BCUT2D eigenvalue weighted by molar-refractivity contribution is 5.86. The predicted octanol–water partition coefficient (Wildman–Crippen LogP) is 2.88. The van der Waals surface area contributed by atoms with E-state index in [0.29, 0.717) is 38.3 Å². The van der Waals surface area contributed by atoms with Crippen LogP contribution in [-0.4, -0.2) is 63.7 Å². The summed E-state index contributed by atoms with van der Waals surface area (Å²) in [7, 11) is 0. The molecular weight excluding hydrogens is 348 g/mol. The average Bonchev–Trinajstić information content (AvgIpc) is 2.99. The van der Waals surface area contributed by atoms with Gasteiger partial charge in [0, 0.05) is 25.0 Å². The van der Waals surface area contributed by atoms with Gasteiger partial charge < -0.3 is 19.6 Å². The summed E-state index contributed by atoms with van der Waals surface area (Å²) in [4.78, 5) is 40.5. The van der Waals surface area contributed by atoms with E-state index in [4.69, 9.17) is 4.74 Å². The summed E-state index contributed by atoms with van der Waals surface area (Å²) in [5.74, 6) is -0.790. The Kier molecular flexibility index (Phi) is 5.68. The first-order valence-corrected chi connectivity index (χ1v) is 10.2. The van der Waals surface area contributed by atoms with E-state index in [1.165, 1.54) is 0 Å². The molecule has 1 aliphatic carbocycles. The average molecular weight is 380 g/mol. The lowest BCUT2D eigenvalue weighted by Crippen LogP contribution is -2.51. The van der Waals surface area contributed by atoms with Crippen LogP contribution in [0.4, 0.5) is 4.79 Å². The Morgan fingerprint density at radius 1 is 1.00 bits per heavy atom. The van der Waals surface area contributed by atoms with Crippen LogP contribution in [0.2, 0.25) is 0 Å². The number of carbonyl (C=O) groups is 3. The number of hydrogen-bond donors (Lipinski definition) is 1. The van der Waals surface area contributed by atoms with Gasteiger partial charge in [-0.2, -0.15) is 0 Å². The molecule has 2 aliphatic heterocycles. The highest BCUT2D eigenvalue weighted by Gasteiger charge is 2.49. The van der Waals surface area contributed by atoms with Gasteiger partial charge in [-0.15, -0.1) is 0 Å². The van der Waals surface area contributed by atoms with Gasteiger partial charge in [0.25, 0.3) is 0 Å². The molecule has 1 N–H and O–H groups in total. The molecule has 3 atom stereocenters. The molecule has 7 nitrogen and oxygen atoms in total. The van der Waals surface area contributed by atoms with Crippen molar-refractivity contribution in [3.8, 4) is 0 Å². The van der Waals surface area contributed by atoms with Crippen molar-refractivity contribution in [3.05, 3.63) is 0 Å². The van der Waals surface area contributed by atoms with Gasteiger partial charge in [-0.25, -0.2) is 9.59 Å². The summed E-state index contributed by atoms with van der Waals surface area (Å²) in [5.41, 5.74) is -0.538. The van der Waals surface area contributed by atoms with Gasteiger partial charge in [-0.05, 0) is 58.8 Å². The Morgan fingerprint density at radius 2 is 1.63 bits per heavy atom. The van der Waals surface area contributed by atoms with E-state index in [2.05, 4.69) is 0 Å². The smallest absolute Gasteiger partial charge is 0.410 e. The highest BCUT2D eigenvalue weighted by Crippen LogP contribution is 2.41. The zero-order chi connectivity index (χ0) is 19.8. The van der Waals surface area contributed by atoms with E-state index in [9.17, 15) is 19.5 Å². The fourth-order valence-electron chi connectivity index (χ4n) is 4.84. The minimum Gasteiger partial charge on any atom is -0.480 e. The number of amides is 2. The highest BCUT2D eigenvalue weighted by atomic mass is 16.6. The Balaban J connectivity index is 1.62. The van der Waals surface area contributed by atoms with Crippen LogP contribution in [0.3, 0.4) is 0 Å². The number of nitrogens with zero attached hydrogens (tertiary/aromatic N) is 2. The quantitative estimate of drug-likeness (QED) is 0.796. The predicted molar refractivity (Wildman–Crippen MR) is 99.2 cm³/mol. The molecule has 0 bridgehead atoms. The third kappa shape index (κ3) is 4.38. The summed E-state index contributed by atoms with van der Waals surface area (Å²) in [6.07, 6.45) is 5.51. The molecule has 7 heteroatoms. The van der Waals surface area contributed by atoms with Gasteiger partial charge in [-0.1, -0.05) is 12.8 Å². The summed E-state index contributed by atoms with van der Waals surface area (Å²) in [6.45, 7) is 6.46. The Bertz CT molecular complexity index is 592. The number of piperidine rings is 1. The Labute approximate surface area is 161 Å². The van der Waals surface area contributed by atoms with Crippen molar-refractivity contribution in [2.45, 2.75) is 83.4 Å². The normalized spacial score (nSPS) is 29.4. The summed E-state index contributed by atoms with van der Waals surface area (Å²) >= 11 is 0. The second kappa shape index (κ2) is 7.68. The van der Waals surface area contributed by atoms with Crippen molar-refractivity contribution in [3.63, 3.8) is 0 Å². The molecule has 0 aromatic carbocycles. The molecule has 3 aliphatic rings. The number of aliphatic carboxylic acids is 1. The largest absolute Gasteiger partial charge is 0.480 e. The molecular formula is C20H32N2O5. The first-order chi connectivity index (χ1) is 12.7. The third-order valence-corrected chi connectivity index (χ3v) is 6.12. The Morgan fingerprint density at radius 3 is 2.22 bits per heavy atom. The number of hydrogen-bond acceptors (Lipinski definition) is 4. The van der Waals surface area contributed by atoms with Gasteiger partial charge in [-0.3, -0.25) is 4.79 Å². The van der Waals surface area contributed by atoms with E-state index in [-0.39, 0.29) is 24.0 Å². The van der Waals surface area contributed by atoms with Crippen LogP contribution < -0.4 is 0 Å². The maximum Gasteiger partial charge on any atom is 0.410 e. The van der Waals surface area contributed by atoms with Crippen LogP contribution in [0.1, 0.15) is 65.7 Å². The van der Waals surface area contributed by atoms with Crippen LogP contribution in [-0.2, 0) is 14.3 Å². The fourth-order valence-corrected chi connectivity index (χ4v) is 4.84. The van der Waals surface area contributed by atoms with E-state index in [0.717, 1.165) is 25.7 Å². The molecule has 3 fully saturated rings. The van der Waals surface area contributed by atoms with Crippen LogP contribution >= 0.6 is 0 Å². The number of likely N-dealkylation sites (tertiary alicyclic amines) is 2. The lowest BCUT2D eigenvalue weighted by molar-refractivity contribution is -0.152. The van der Waals surface area contributed by atoms with E-state index < -0.39 is 17.6 Å². The molecule has 0 spiro atoms. The standard InChI is InChI=1S/C20H32N2O5/c1-20(2,3)27-19(26)21-10-8-13(9-11-21)17(23)22-15-7-5-4-6-14(15)12-16(22)18(24)25/h13-16H,4-12H2,1-3H3,(H,24,25). The zero-order valence-electron chi connectivity index (χ0n) is 16.6.